The molecule has 1 aromatic carbocycles. The van der Waals surface area contributed by atoms with Crippen molar-refractivity contribution in [3.8, 4) is 5.69 Å². The molecule has 3 aromatic rings. The Balaban J connectivity index is 2.37. The van der Waals surface area contributed by atoms with Crippen molar-refractivity contribution in [3.05, 3.63) is 40.0 Å². The van der Waals surface area contributed by atoms with Crippen molar-refractivity contribution in [1.82, 2.24) is 19.3 Å². The van der Waals surface area contributed by atoms with Gasteiger partial charge in [-0.3, -0.25) is 4.57 Å². The van der Waals surface area contributed by atoms with Gasteiger partial charge in [0.25, 0.3) is 0 Å². The van der Waals surface area contributed by atoms with E-state index in [2.05, 4.69) is 26.0 Å². The number of aryl methyl sites for hydroxylation is 2. The molecule has 0 spiro atoms. The summed E-state index contributed by atoms with van der Waals surface area (Å²) in [4.78, 5) is 4.60. The van der Waals surface area contributed by atoms with Crippen LogP contribution in [0, 0.1) is 5.82 Å². The minimum atomic E-state index is -0.298. The highest BCUT2D eigenvalue weighted by Crippen LogP contribution is 2.29. The van der Waals surface area contributed by atoms with Crippen LogP contribution < -0.4 is 0 Å². The van der Waals surface area contributed by atoms with Crippen molar-refractivity contribution < 1.29 is 4.39 Å². The first-order valence-corrected chi connectivity index (χ1v) is 7.84. The van der Waals surface area contributed by atoms with Crippen LogP contribution in [0.2, 0.25) is 0 Å². The Morgan fingerprint density at radius 2 is 2.14 bits per heavy atom. The molecule has 110 valence electrons. The number of aromatic nitrogens is 4. The first kappa shape index (κ1) is 14.5. The van der Waals surface area contributed by atoms with Crippen LogP contribution in [0.5, 0.6) is 0 Å². The summed E-state index contributed by atoms with van der Waals surface area (Å²) in [5.41, 5.74) is 3.41. The lowest BCUT2D eigenvalue weighted by atomic mass is 10.3. The fourth-order valence-electron chi connectivity index (χ4n) is 2.47. The molecule has 0 amide bonds. The fourth-order valence-corrected chi connectivity index (χ4v) is 3.18. The van der Waals surface area contributed by atoms with E-state index < -0.39 is 0 Å². The van der Waals surface area contributed by atoms with Crippen molar-refractivity contribution in [2.45, 2.75) is 19.2 Å². The van der Waals surface area contributed by atoms with Gasteiger partial charge in [0.15, 0.2) is 5.65 Å². The number of nitrogens with zero attached hydrogens (tertiary/aromatic N) is 4. The van der Waals surface area contributed by atoms with Gasteiger partial charge in [0.1, 0.15) is 17.2 Å². The molecule has 7 heteroatoms. The summed E-state index contributed by atoms with van der Waals surface area (Å²) in [7, 11) is 1.87. The summed E-state index contributed by atoms with van der Waals surface area (Å²) < 4.78 is 17.7. The standard InChI is InChI=1S/C14H13BrClFN4/c1-3-10-13-14(20(2)19-10)21(12(7-16)18-13)11-5-4-8(17)6-9(11)15/h4-6H,3,7H2,1-2H3. The molecule has 0 aliphatic heterocycles. The predicted octanol–water partition coefficient (Wildman–Crippen LogP) is 3.96. The Hall–Kier alpha value is -1.40. The zero-order valence-electron chi connectivity index (χ0n) is 11.6. The lowest BCUT2D eigenvalue weighted by molar-refractivity contribution is 0.626. The second kappa shape index (κ2) is 5.42. The summed E-state index contributed by atoms with van der Waals surface area (Å²) in [6, 6.07) is 4.55. The molecule has 0 N–H and O–H groups in total. The van der Waals surface area contributed by atoms with E-state index in [1.807, 2.05) is 18.5 Å². The molecular weight excluding hydrogens is 359 g/mol. The van der Waals surface area contributed by atoms with Crippen LogP contribution in [0.15, 0.2) is 22.7 Å². The molecule has 0 bridgehead atoms. The molecule has 0 saturated heterocycles. The maximum atomic E-state index is 13.3. The molecule has 0 unspecified atom stereocenters. The van der Waals surface area contributed by atoms with Gasteiger partial charge in [-0.1, -0.05) is 6.92 Å². The van der Waals surface area contributed by atoms with Gasteiger partial charge < -0.3 is 0 Å². The van der Waals surface area contributed by atoms with Crippen molar-refractivity contribution in [3.63, 3.8) is 0 Å². The maximum absolute atomic E-state index is 13.3. The van der Waals surface area contributed by atoms with Crippen LogP contribution in [-0.2, 0) is 19.3 Å². The molecule has 0 aliphatic rings. The van der Waals surface area contributed by atoms with E-state index in [4.69, 9.17) is 11.6 Å². The van der Waals surface area contributed by atoms with E-state index in [0.717, 1.165) is 29.0 Å². The average Bonchev–Trinajstić information content (AvgIpc) is 2.97. The van der Waals surface area contributed by atoms with Crippen LogP contribution >= 0.6 is 27.5 Å². The molecule has 21 heavy (non-hydrogen) atoms. The van der Waals surface area contributed by atoms with E-state index in [-0.39, 0.29) is 11.7 Å². The van der Waals surface area contributed by atoms with Crippen LogP contribution in [-0.4, -0.2) is 19.3 Å². The van der Waals surface area contributed by atoms with E-state index in [0.29, 0.717) is 10.3 Å². The summed E-state index contributed by atoms with van der Waals surface area (Å²) in [5.74, 6) is 0.678. The van der Waals surface area contributed by atoms with Gasteiger partial charge in [-0.2, -0.15) is 5.10 Å². The largest absolute Gasteiger partial charge is 0.279 e. The number of hydrogen-bond donors (Lipinski definition) is 0. The third-order valence-corrected chi connectivity index (χ3v) is 4.25. The van der Waals surface area contributed by atoms with Gasteiger partial charge in [-0.15, -0.1) is 11.6 Å². The van der Waals surface area contributed by atoms with Crippen LogP contribution in [0.4, 0.5) is 4.39 Å². The lowest BCUT2D eigenvalue weighted by Crippen LogP contribution is -2.05. The zero-order valence-corrected chi connectivity index (χ0v) is 13.9. The van der Waals surface area contributed by atoms with Gasteiger partial charge in [0.2, 0.25) is 0 Å². The van der Waals surface area contributed by atoms with E-state index in [1.54, 1.807) is 10.7 Å². The van der Waals surface area contributed by atoms with E-state index in [9.17, 15) is 4.39 Å². The Morgan fingerprint density at radius 3 is 2.76 bits per heavy atom. The maximum Gasteiger partial charge on any atom is 0.163 e. The van der Waals surface area contributed by atoms with Gasteiger partial charge >= 0.3 is 0 Å². The zero-order chi connectivity index (χ0) is 15.1. The minimum Gasteiger partial charge on any atom is -0.279 e. The Labute approximate surface area is 134 Å². The highest BCUT2D eigenvalue weighted by Gasteiger charge is 2.20. The highest BCUT2D eigenvalue weighted by molar-refractivity contribution is 9.10. The second-order valence-electron chi connectivity index (χ2n) is 4.69. The number of rotatable bonds is 3. The molecule has 0 aliphatic carbocycles. The van der Waals surface area contributed by atoms with Gasteiger partial charge in [-0.05, 0) is 40.5 Å². The number of halogens is 3. The van der Waals surface area contributed by atoms with Gasteiger partial charge in [-0.25, -0.2) is 14.1 Å². The third-order valence-electron chi connectivity index (χ3n) is 3.38. The normalized spacial score (nSPS) is 11.5. The molecule has 2 heterocycles. The van der Waals surface area contributed by atoms with Crippen molar-refractivity contribution in [1.29, 1.82) is 0 Å². The molecule has 4 nitrogen and oxygen atoms in total. The predicted molar refractivity (Wildman–Crippen MR) is 84.4 cm³/mol. The van der Waals surface area contributed by atoms with E-state index >= 15 is 0 Å². The molecule has 2 aromatic heterocycles. The Bertz CT molecular complexity index is 824. The minimum absolute atomic E-state index is 0.266. The molecule has 0 radical (unpaired) electrons. The SMILES string of the molecule is CCc1nn(C)c2c1nc(CCl)n2-c1ccc(F)cc1Br. The Kier molecular flexibility index (Phi) is 3.75. The summed E-state index contributed by atoms with van der Waals surface area (Å²) in [5, 5.41) is 4.48. The van der Waals surface area contributed by atoms with Crippen molar-refractivity contribution in [2.24, 2.45) is 7.05 Å². The number of fused-ring (bicyclic) bond motifs is 1. The first-order chi connectivity index (χ1) is 10.1. The van der Waals surface area contributed by atoms with Crippen molar-refractivity contribution >= 4 is 38.7 Å². The van der Waals surface area contributed by atoms with Gasteiger partial charge in [0.05, 0.1) is 17.3 Å². The fraction of sp³-hybridized carbons (Fsp3) is 0.286. The number of benzene rings is 1. The number of imidazole rings is 1. The quantitative estimate of drug-likeness (QED) is 0.653. The summed E-state index contributed by atoms with van der Waals surface area (Å²) in [6.45, 7) is 2.04. The molecular formula is C14H13BrClFN4. The Morgan fingerprint density at radius 1 is 1.38 bits per heavy atom. The molecule has 0 atom stereocenters. The number of alkyl halides is 1. The average molecular weight is 372 g/mol. The van der Waals surface area contributed by atoms with Crippen LogP contribution in [0.3, 0.4) is 0 Å². The molecule has 0 fully saturated rings. The highest BCUT2D eigenvalue weighted by atomic mass is 79.9. The lowest BCUT2D eigenvalue weighted by Gasteiger charge is -2.10. The number of hydrogen-bond acceptors (Lipinski definition) is 2. The second-order valence-corrected chi connectivity index (χ2v) is 5.81. The van der Waals surface area contributed by atoms with Crippen LogP contribution in [0.25, 0.3) is 16.9 Å². The molecule has 0 saturated carbocycles. The smallest absolute Gasteiger partial charge is 0.163 e. The van der Waals surface area contributed by atoms with E-state index in [1.165, 1.54) is 12.1 Å². The summed E-state index contributed by atoms with van der Waals surface area (Å²) >= 11 is 9.44. The molecule has 3 rings (SSSR count). The monoisotopic (exact) mass is 370 g/mol. The van der Waals surface area contributed by atoms with Crippen LogP contribution in [0.1, 0.15) is 18.4 Å². The third kappa shape index (κ3) is 2.26. The van der Waals surface area contributed by atoms with Crippen molar-refractivity contribution in [2.75, 3.05) is 0 Å². The summed E-state index contributed by atoms with van der Waals surface area (Å²) in [6.07, 6.45) is 0.792. The first-order valence-electron chi connectivity index (χ1n) is 6.51. The van der Waals surface area contributed by atoms with Gasteiger partial charge in [0, 0.05) is 11.5 Å². The topological polar surface area (TPSA) is 35.6 Å².